The predicted molar refractivity (Wildman–Crippen MR) is 87.3 cm³/mol. The average molecular weight is 274 g/mol. The third-order valence-corrected chi connectivity index (χ3v) is 8.24. The van der Waals surface area contributed by atoms with Crippen LogP contribution in [0.15, 0.2) is 30.8 Å². The Morgan fingerprint density at radius 3 is 2.16 bits per heavy atom. The van der Waals surface area contributed by atoms with Gasteiger partial charge in [0.15, 0.2) is 8.24 Å². The Kier molecular flexibility index (Phi) is 4.61. The maximum absolute atomic E-state index is 3.83. The van der Waals surface area contributed by atoms with Crippen LogP contribution in [0, 0.1) is 0 Å². The molecule has 19 heavy (non-hydrogen) atoms. The van der Waals surface area contributed by atoms with Gasteiger partial charge in [0, 0.05) is 26.2 Å². The summed E-state index contributed by atoms with van der Waals surface area (Å²) in [6.45, 7) is 17.1. The molecule has 2 rings (SSSR count). The molecule has 104 valence electrons. The van der Waals surface area contributed by atoms with E-state index >= 15 is 0 Å². The summed E-state index contributed by atoms with van der Waals surface area (Å²) >= 11 is 0. The zero-order valence-corrected chi connectivity index (χ0v) is 13.5. The highest BCUT2D eigenvalue weighted by Crippen LogP contribution is 2.14. The van der Waals surface area contributed by atoms with Crippen LogP contribution in [0.3, 0.4) is 0 Å². The van der Waals surface area contributed by atoms with Crippen LogP contribution in [0.2, 0.25) is 13.1 Å². The first-order valence-corrected chi connectivity index (χ1v) is 10.2. The van der Waals surface area contributed by atoms with E-state index in [1.165, 1.54) is 43.5 Å². The summed E-state index contributed by atoms with van der Waals surface area (Å²) in [7, 11) is -1.48. The molecule has 1 aliphatic heterocycles. The lowest BCUT2D eigenvalue weighted by molar-refractivity contribution is 0.192. The summed E-state index contributed by atoms with van der Waals surface area (Å²) in [5.41, 5.74) is 1.21. The Morgan fingerprint density at radius 1 is 1.11 bits per heavy atom. The second-order valence-corrected chi connectivity index (χ2v) is 10.1. The van der Waals surface area contributed by atoms with Crippen molar-refractivity contribution in [2.24, 2.45) is 0 Å². The molecule has 1 aromatic carbocycles. The SMILES string of the molecule is C=Cc1ccc([Si](C)(C)N2CCN(CC)CC2)cc1. The average Bonchev–Trinajstić information content (AvgIpc) is 2.47. The second-order valence-electron chi connectivity index (χ2n) is 5.81. The van der Waals surface area contributed by atoms with E-state index < -0.39 is 8.24 Å². The van der Waals surface area contributed by atoms with Crippen LogP contribution in [-0.4, -0.2) is 50.4 Å². The number of hydrogen-bond acceptors (Lipinski definition) is 2. The minimum atomic E-state index is -1.48. The number of rotatable bonds is 4. The van der Waals surface area contributed by atoms with Crippen molar-refractivity contribution in [2.75, 3.05) is 32.7 Å². The fraction of sp³-hybridized carbons (Fsp3) is 0.500. The minimum absolute atomic E-state index is 1.18. The minimum Gasteiger partial charge on any atom is -0.318 e. The standard InChI is InChI=1S/C16H26N2Si/c1-5-15-7-9-16(10-8-15)19(3,4)18-13-11-17(6-2)12-14-18/h5,7-10H,1,6,11-14H2,2-4H3. The molecule has 1 heterocycles. The molecule has 0 atom stereocenters. The van der Waals surface area contributed by atoms with E-state index in [9.17, 15) is 0 Å². The van der Waals surface area contributed by atoms with Crippen LogP contribution in [-0.2, 0) is 0 Å². The van der Waals surface area contributed by atoms with Crippen molar-refractivity contribution >= 4 is 19.5 Å². The maximum Gasteiger partial charge on any atom is 0.154 e. The Labute approximate surface area is 118 Å². The van der Waals surface area contributed by atoms with E-state index in [1.807, 2.05) is 6.08 Å². The van der Waals surface area contributed by atoms with E-state index in [2.05, 4.69) is 60.3 Å². The Bertz CT molecular complexity index is 417. The van der Waals surface area contributed by atoms with Gasteiger partial charge in [0.05, 0.1) is 0 Å². The predicted octanol–water partition coefficient (Wildman–Crippen LogP) is 2.38. The number of likely N-dealkylation sites (N-methyl/N-ethyl adjacent to an activating group) is 1. The molecule has 0 N–H and O–H groups in total. The highest BCUT2D eigenvalue weighted by atomic mass is 28.3. The summed E-state index contributed by atoms with van der Waals surface area (Å²) < 4.78 is 2.74. The number of hydrogen-bond donors (Lipinski definition) is 0. The van der Waals surface area contributed by atoms with Crippen molar-refractivity contribution in [1.29, 1.82) is 0 Å². The van der Waals surface area contributed by atoms with Gasteiger partial charge >= 0.3 is 0 Å². The molecule has 1 aliphatic rings. The summed E-state index contributed by atoms with van der Waals surface area (Å²) in [5, 5.41) is 1.53. The van der Waals surface area contributed by atoms with Crippen LogP contribution < -0.4 is 5.19 Å². The first kappa shape index (κ1) is 14.5. The highest BCUT2D eigenvalue weighted by molar-refractivity contribution is 6.87. The van der Waals surface area contributed by atoms with Crippen LogP contribution in [0.5, 0.6) is 0 Å². The quantitative estimate of drug-likeness (QED) is 0.778. The van der Waals surface area contributed by atoms with E-state index in [0.717, 1.165) is 0 Å². The van der Waals surface area contributed by atoms with Gasteiger partial charge in [-0.1, -0.05) is 56.9 Å². The van der Waals surface area contributed by atoms with Gasteiger partial charge in [-0.15, -0.1) is 0 Å². The normalized spacial score (nSPS) is 18.5. The van der Waals surface area contributed by atoms with Gasteiger partial charge in [-0.3, -0.25) is 0 Å². The van der Waals surface area contributed by atoms with Crippen LogP contribution in [0.25, 0.3) is 6.08 Å². The second kappa shape index (κ2) is 6.03. The van der Waals surface area contributed by atoms with Gasteiger partial charge in [0.1, 0.15) is 0 Å². The molecule has 0 spiro atoms. The lowest BCUT2D eigenvalue weighted by Crippen LogP contribution is -2.63. The van der Waals surface area contributed by atoms with Gasteiger partial charge in [0.25, 0.3) is 0 Å². The smallest absolute Gasteiger partial charge is 0.154 e. The molecule has 3 heteroatoms. The molecule has 0 unspecified atom stereocenters. The summed E-state index contributed by atoms with van der Waals surface area (Å²) in [4.78, 5) is 2.54. The molecule has 0 bridgehead atoms. The molecule has 1 aromatic rings. The number of benzene rings is 1. The summed E-state index contributed by atoms with van der Waals surface area (Å²) in [6.07, 6.45) is 1.92. The Morgan fingerprint density at radius 2 is 1.68 bits per heavy atom. The van der Waals surface area contributed by atoms with Crippen molar-refractivity contribution in [3.05, 3.63) is 36.4 Å². The van der Waals surface area contributed by atoms with Crippen molar-refractivity contribution < 1.29 is 0 Å². The van der Waals surface area contributed by atoms with E-state index in [4.69, 9.17) is 0 Å². The molecule has 0 amide bonds. The van der Waals surface area contributed by atoms with E-state index in [1.54, 1.807) is 0 Å². The summed E-state index contributed by atoms with van der Waals surface area (Å²) in [6, 6.07) is 8.99. The summed E-state index contributed by atoms with van der Waals surface area (Å²) in [5.74, 6) is 0. The van der Waals surface area contributed by atoms with Crippen LogP contribution >= 0.6 is 0 Å². The fourth-order valence-corrected chi connectivity index (χ4v) is 5.50. The van der Waals surface area contributed by atoms with Gasteiger partial charge in [0.2, 0.25) is 0 Å². The third kappa shape index (κ3) is 3.16. The molecule has 2 nitrogen and oxygen atoms in total. The van der Waals surface area contributed by atoms with Crippen molar-refractivity contribution in [3.63, 3.8) is 0 Å². The van der Waals surface area contributed by atoms with Gasteiger partial charge < -0.3 is 9.47 Å². The first-order chi connectivity index (χ1) is 9.07. The van der Waals surface area contributed by atoms with Gasteiger partial charge in [-0.25, -0.2) is 0 Å². The largest absolute Gasteiger partial charge is 0.318 e. The molecule has 1 fully saturated rings. The molecular formula is C16H26N2Si. The van der Waals surface area contributed by atoms with Crippen molar-refractivity contribution in [3.8, 4) is 0 Å². The first-order valence-electron chi connectivity index (χ1n) is 7.28. The highest BCUT2D eigenvalue weighted by Gasteiger charge is 2.33. The van der Waals surface area contributed by atoms with Gasteiger partial charge in [-0.05, 0) is 17.3 Å². The monoisotopic (exact) mass is 274 g/mol. The topological polar surface area (TPSA) is 6.48 Å². The zero-order valence-electron chi connectivity index (χ0n) is 12.5. The van der Waals surface area contributed by atoms with E-state index in [-0.39, 0.29) is 0 Å². The van der Waals surface area contributed by atoms with Crippen LogP contribution in [0.4, 0.5) is 0 Å². The molecule has 0 radical (unpaired) electrons. The molecule has 0 saturated carbocycles. The Hall–Kier alpha value is -0.903. The van der Waals surface area contributed by atoms with Crippen LogP contribution in [0.1, 0.15) is 12.5 Å². The molecule has 0 aromatic heterocycles. The fourth-order valence-electron chi connectivity index (χ4n) is 2.83. The van der Waals surface area contributed by atoms with Gasteiger partial charge in [-0.2, -0.15) is 0 Å². The lowest BCUT2D eigenvalue weighted by Gasteiger charge is -2.43. The number of nitrogens with zero attached hydrogens (tertiary/aromatic N) is 2. The van der Waals surface area contributed by atoms with Crippen molar-refractivity contribution in [1.82, 2.24) is 9.47 Å². The molecular weight excluding hydrogens is 248 g/mol. The maximum atomic E-state index is 3.83. The zero-order chi connectivity index (χ0) is 13.9. The third-order valence-electron chi connectivity index (χ3n) is 4.46. The number of piperazine rings is 1. The molecule has 0 aliphatic carbocycles. The lowest BCUT2D eigenvalue weighted by atomic mass is 10.2. The van der Waals surface area contributed by atoms with Crippen molar-refractivity contribution in [2.45, 2.75) is 20.0 Å². The van der Waals surface area contributed by atoms with E-state index in [0.29, 0.717) is 0 Å². The Balaban J connectivity index is 2.10. The molecule has 1 saturated heterocycles.